The highest BCUT2D eigenvalue weighted by Crippen LogP contribution is 2.33. The van der Waals surface area contributed by atoms with E-state index in [0.717, 1.165) is 11.8 Å². The second kappa shape index (κ2) is 9.32. The number of hydrogen-bond donors (Lipinski definition) is 1. The first kappa shape index (κ1) is 22.9. The maximum absolute atomic E-state index is 13.5. The van der Waals surface area contributed by atoms with Gasteiger partial charge in [0.2, 0.25) is 5.91 Å². The van der Waals surface area contributed by atoms with E-state index in [-0.39, 0.29) is 41.1 Å². The molecule has 4 heterocycles. The van der Waals surface area contributed by atoms with Crippen molar-refractivity contribution in [1.82, 2.24) is 19.6 Å². The number of rotatable bonds is 5. The van der Waals surface area contributed by atoms with Gasteiger partial charge in [-0.1, -0.05) is 30.0 Å². The lowest BCUT2D eigenvalue weighted by molar-refractivity contribution is -0.145. The van der Waals surface area contributed by atoms with Crippen molar-refractivity contribution in [2.75, 3.05) is 31.6 Å². The van der Waals surface area contributed by atoms with Crippen molar-refractivity contribution in [1.29, 1.82) is 0 Å². The number of esters is 1. The van der Waals surface area contributed by atoms with Crippen molar-refractivity contribution in [3.63, 3.8) is 0 Å². The zero-order valence-corrected chi connectivity index (χ0v) is 19.6. The van der Waals surface area contributed by atoms with Gasteiger partial charge in [-0.15, -0.1) is 0 Å². The van der Waals surface area contributed by atoms with Crippen LogP contribution in [0.3, 0.4) is 0 Å². The van der Waals surface area contributed by atoms with Gasteiger partial charge in [-0.05, 0) is 25.1 Å². The van der Waals surface area contributed by atoms with Crippen LogP contribution in [0.5, 0.6) is 0 Å². The Labute approximate surface area is 198 Å². The van der Waals surface area contributed by atoms with Gasteiger partial charge in [0.05, 0.1) is 23.5 Å². The molecule has 172 valence electrons. The standard InChI is InChI=1S/C21H21N5O5S2/c1-3-31-16(27)11-13-18(28)22-7-9-25(13)17-12(10-14-20(30)24(2)21(32)33-14)19(29)26-8-5-4-6-15(26)23-17/h4-6,8,10,13H,3,7,9,11H2,1-2H3,(H,22,28). The van der Waals surface area contributed by atoms with E-state index in [0.29, 0.717) is 23.1 Å². The summed E-state index contributed by atoms with van der Waals surface area (Å²) in [5, 5.41) is 2.75. The number of thioether (sulfide) groups is 1. The van der Waals surface area contributed by atoms with E-state index in [1.165, 1.54) is 15.4 Å². The molecule has 2 aliphatic heterocycles. The number of nitrogens with zero attached hydrogens (tertiary/aromatic N) is 4. The molecular weight excluding hydrogens is 466 g/mol. The maximum atomic E-state index is 13.5. The number of fused-ring (bicyclic) bond motifs is 1. The Morgan fingerprint density at radius 3 is 2.85 bits per heavy atom. The van der Waals surface area contributed by atoms with Crippen molar-refractivity contribution >= 4 is 63.6 Å². The smallest absolute Gasteiger partial charge is 0.308 e. The molecular formula is C21H21N5O5S2. The molecule has 2 fully saturated rings. The van der Waals surface area contributed by atoms with E-state index in [2.05, 4.69) is 10.3 Å². The molecule has 2 aromatic rings. The third-order valence-electron chi connectivity index (χ3n) is 5.28. The lowest BCUT2D eigenvalue weighted by Crippen LogP contribution is -2.57. The fourth-order valence-electron chi connectivity index (χ4n) is 3.66. The highest BCUT2D eigenvalue weighted by molar-refractivity contribution is 8.26. The quantitative estimate of drug-likeness (QED) is 0.371. The molecule has 0 spiro atoms. The van der Waals surface area contributed by atoms with Gasteiger partial charge in [-0.2, -0.15) is 0 Å². The van der Waals surface area contributed by atoms with E-state index >= 15 is 0 Å². The summed E-state index contributed by atoms with van der Waals surface area (Å²) in [6.07, 6.45) is 2.84. The van der Waals surface area contributed by atoms with Gasteiger partial charge < -0.3 is 15.0 Å². The third kappa shape index (κ3) is 4.35. The first-order chi connectivity index (χ1) is 15.8. The van der Waals surface area contributed by atoms with Crippen LogP contribution in [-0.4, -0.2) is 69.2 Å². The summed E-state index contributed by atoms with van der Waals surface area (Å²) in [5.41, 5.74) is 0.104. The predicted octanol–water partition coefficient (Wildman–Crippen LogP) is 0.784. The van der Waals surface area contributed by atoms with Crippen LogP contribution in [0, 0.1) is 0 Å². The lowest BCUT2D eigenvalue weighted by atomic mass is 10.1. The Kier molecular flexibility index (Phi) is 6.47. The summed E-state index contributed by atoms with van der Waals surface area (Å²) in [7, 11) is 1.56. The van der Waals surface area contributed by atoms with Crippen molar-refractivity contribution in [2.24, 2.45) is 0 Å². The molecule has 0 radical (unpaired) electrons. The van der Waals surface area contributed by atoms with Gasteiger partial charge in [0.15, 0.2) is 0 Å². The van der Waals surface area contributed by atoms with Gasteiger partial charge in [0, 0.05) is 26.3 Å². The van der Waals surface area contributed by atoms with Crippen molar-refractivity contribution in [3.05, 3.63) is 45.2 Å². The number of hydrogen-bond acceptors (Lipinski definition) is 9. The summed E-state index contributed by atoms with van der Waals surface area (Å²) < 4.78 is 6.78. The molecule has 0 aliphatic carbocycles. The molecule has 4 rings (SSSR count). The average molecular weight is 488 g/mol. The van der Waals surface area contributed by atoms with Gasteiger partial charge in [-0.3, -0.25) is 28.5 Å². The summed E-state index contributed by atoms with van der Waals surface area (Å²) in [4.78, 5) is 58.8. The van der Waals surface area contributed by atoms with Crippen LogP contribution in [0.1, 0.15) is 18.9 Å². The topological polar surface area (TPSA) is 113 Å². The number of ether oxygens (including phenoxy) is 1. The minimum atomic E-state index is -0.913. The Bertz CT molecular complexity index is 1260. The van der Waals surface area contributed by atoms with Crippen LogP contribution in [0.2, 0.25) is 0 Å². The molecule has 33 heavy (non-hydrogen) atoms. The maximum Gasteiger partial charge on any atom is 0.308 e. The van der Waals surface area contributed by atoms with E-state index in [1.54, 1.807) is 43.3 Å². The van der Waals surface area contributed by atoms with Crippen molar-refractivity contribution in [2.45, 2.75) is 19.4 Å². The number of piperazine rings is 1. The highest BCUT2D eigenvalue weighted by Gasteiger charge is 2.36. The van der Waals surface area contributed by atoms with E-state index in [4.69, 9.17) is 17.0 Å². The normalized spacial score (nSPS) is 20.0. The molecule has 12 heteroatoms. The number of pyridine rings is 1. The molecule has 0 saturated carbocycles. The molecule has 1 unspecified atom stereocenters. The number of amides is 2. The summed E-state index contributed by atoms with van der Waals surface area (Å²) in [5.74, 6) is -1.00. The van der Waals surface area contributed by atoms with Gasteiger partial charge >= 0.3 is 5.97 Å². The Hall–Kier alpha value is -3.25. The van der Waals surface area contributed by atoms with Gasteiger partial charge in [0.25, 0.3) is 11.5 Å². The van der Waals surface area contributed by atoms with Crippen LogP contribution < -0.4 is 15.8 Å². The summed E-state index contributed by atoms with van der Waals surface area (Å²) in [6, 6.07) is 4.20. The molecule has 10 nitrogen and oxygen atoms in total. The van der Waals surface area contributed by atoms with Gasteiger partial charge in [0.1, 0.15) is 21.8 Å². The SMILES string of the molecule is CCOC(=O)CC1C(=O)NCCN1c1nc2ccccn2c(=O)c1C=C1SC(=S)N(C)C1=O. The molecule has 2 saturated heterocycles. The number of aromatic nitrogens is 2. The molecule has 0 bridgehead atoms. The monoisotopic (exact) mass is 487 g/mol. The molecule has 0 aromatic carbocycles. The molecule has 2 aliphatic rings. The molecule has 1 atom stereocenters. The summed E-state index contributed by atoms with van der Waals surface area (Å²) >= 11 is 6.29. The van der Waals surface area contributed by atoms with Gasteiger partial charge in [-0.25, -0.2) is 4.98 Å². The fourth-order valence-corrected chi connectivity index (χ4v) is 4.82. The van der Waals surface area contributed by atoms with Crippen LogP contribution >= 0.6 is 24.0 Å². The zero-order chi connectivity index (χ0) is 23.7. The fraction of sp³-hybridized carbons (Fsp3) is 0.333. The van der Waals surface area contributed by atoms with Crippen molar-refractivity contribution in [3.8, 4) is 0 Å². The molecule has 2 amide bonds. The third-order valence-corrected chi connectivity index (χ3v) is 6.76. The minimum absolute atomic E-state index is 0.135. The average Bonchev–Trinajstić information content (AvgIpc) is 3.03. The zero-order valence-electron chi connectivity index (χ0n) is 17.9. The molecule has 1 N–H and O–H groups in total. The van der Waals surface area contributed by atoms with Crippen LogP contribution in [-0.2, 0) is 19.1 Å². The minimum Gasteiger partial charge on any atom is -0.466 e. The number of carbonyl (C=O) groups is 3. The predicted molar refractivity (Wildman–Crippen MR) is 128 cm³/mol. The van der Waals surface area contributed by atoms with Crippen molar-refractivity contribution < 1.29 is 19.1 Å². The van der Waals surface area contributed by atoms with E-state index in [1.807, 2.05) is 0 Å². The number of anilines is 1. The highest BCUT2D eigenvalue weighted by atomic mass is 32.2. The second-order valence-corrected chi connectivity index (χ2v) is 9.01. The Morgan fingerprint density at radius 2 is 2.15 bits per heavy atom. The number of nitrogens with one attached hydrogen (secondary N) is 1. The Balaban J connectivity index is 1.88. The second-order valence-electron chi connectivity index (χ2n) is 7.33. The summed E-state index contributed by atoms with van der Waals surface area (Å²) in [6.45, 7) is 2.50. The molecule has 2 aromatic heterocycles. The number of thiocarbonyl (C=S) groups is 1. The van der Waals surface area contributed by atoms with E-state index < -0.39 is 17.6 Å². The number of likely N-dealkylation sites (N-methyl/N-ethyl adjacent to an activating group) is 1. The largest absolute Gasteiger partial charge is 0.466 e. The van der Waals surface area contributed by atoms with E-state index in [9.17, 15) is 19.2 Å². The Morgan fingerprint density at radius 1 is 1.36 bits per heavy atom. The van der Waals surface area contributed by atoms with Crippen LogP contribution in [0.15, 0.2) is 34.1 Å². The first-order valence-corrected chi connectivity index (χ1v) is 11.5. The number of carbonyl (C=O) groups excluding carboxylic acids is 3. The van der Waals surface area contributed by atoms with Crippen LogP contribution in [0.4, 0.5) is 5.82 Å². The van der Waals surface area contributed by atoms with Crippen LogP contribution in [0.25, 0.3) is 11.7 Å². The lowest BCUT2D eigenvalue weighted by Gasteiger charge is -2.36. The first-order valence-electron chi connectivity index (χ1n) is 10.2.